The minimum absolute atomic E-state index is 0.0847. The maximum atomic E-state index is 5.69. The van der Waals surface area contributed by atoms with Crippen molar-refractivity contribution in [3.8, 4) is 22.9 Å². The van der Waals surface area contributed by atoms with Gasteiger partial charge in [-0.3, -0.25) is 4.90 Å². The molecule has 4 aromatic heterocycles. The van der Waals surface area contributed by atoms with Gasteiger partial charge in [-0.05, 0) is 39.1 Å². The largest absolute Gasteiger partial charge is 0.463 e. The van der Waals surface area contributed by atoms with E-state index in [-0.39, 0.29) is 12.1 Å². The van der Waals surface area contributed by atoms with Gasteiger partial charge in [0, 0.05) is 25.7 Å². The highest BCUT2D eigenvalue weighted by Gasteiger charge is 2.27. The van der Waals surface area contributed by atoms with E-state index in [4.69, 9.17) is 18.9 Å². The molecule has 150 valence electrons. The lowest BCUT2D eigenvalue weighted by atomic mass is 10.1. The van der Waals surface area contributed by atoms with Gasteiger partial charge in [-0.2, -0.15) is 10.1 Å². The molecule has 1 atom stereocenters. The molecular weight excluding hydrogens is 370 g/mol. The molecule has 0 saturated carbocycles. The molecule has 5 rings (SSSR count). The van der Waals surface area contributed by atoms with Crippen molar-refractivity contribution in [2.24, 2.45) is 0 Å². The van der Waals surface area contributed by atoms with Gasteiger partial charge < -0.3 is 14.3 Å². The minimum Gasteiger partial charge on any atom is -0.463 e. The predicted molar refractivity (Wildman–Crippen MR) is 107 cm³/mol. The van der Waals surface area contributed by atoms with Gasteiger partial charge in [0.15, 0.2) is 17.2 Å². The van der Waals surface area contributed by atoms with Crippen LogP contribution in [-0.4, -0.2) is 56.5 Å². The summed E-state index contributed by atoms with van der Waals surface area (Å²) in [7, 11) is 2.08. The Kier molecular flexibility index (Phi) is 4.40. The molecule has 1 N–H and O–H groups in total. The maximum absolute atomic E-state index is 5.69. The van der Waals surface area contributed by atoms with Crippen LogP contribution in [0, 0.1) is 0 Å². The molecule has 0 bridgehead atoms. The van der Waals surface area contributed by atoms with E-state index in [9.17, 15) is 0 Å². The zero-order valence-electron chi connectivity index (χ0n) is 16.7. The van der Waals surface area contributed by atoms with E-state index < -0.39 is 0 Å². The van der Waals surface area contributed by atoms with Gasteiger partial charge in [-0.15, -0.1) is 0 Å². The van der Waals surface area contributed by atoms with Crippen molar-refractivity contribution in [2.45, 2.75) is 25.9 Å². The Hall–Kier alpha value is -3.04. The van der Waals surface area contributed by atoms with Crippen molar-refractivity contribution in [3.63, 3.8) is 0 Å². The first-order chi connectivity index (χ1) is 14.1. The van der Waals surface area contributed by atoms with Crippen LogP contribution in [0.25, 0.3) is 33.9 Å². The molecule has 1 unspecified atom stereocenters. The molecule has 9 nitrogen and oxygen atoms in total. The van der Waals surface area contributed by atoms with Crippen LogP contribution >= 0.6 is 0 Å². The van der Waals surface area contributed by atoms with Gasteiger partial charge in [0.1, 0.15) is 5.69 Å². The average Bonchev–Trinajstić information content (AvgIpc) is 3.46. The standard InChI is InChI=1S/C20H23N7O2/c1-12(2)27-19-14(10-22-27)13(9-15(23-19)17-5-4-8-28-17)20-24-18(25-29-20)16-11-21-6-7-26(16)3/h4-5,8-10,12,16,21H,6-7,11H2,1-3H3. The van der Waals surface area contributed by atoms with Gasteiger partial charge in [-0.1, -0.05) is 5.16 Å². The van der Waals surface area contributed by atoms with Gasteiger partial charge >= 0.3 is 0 Å². The molecule has 0 radical (unpaired) electrons. The fourth-order valence-corrected chi connectivity index (χ4v) is 3.70. The Morgan fingerprint density at radius 2 is 2.17 bits per heavy atom. The van der Waals surface area contributed by atoms with Crippen molar-refractivity contribution < 1.29 is 8.94 Å². The molecule has 9 heteroatoms. The number of pyridine rings is 1. The highest BCUT2D eigenvalue weighted by atomic mass is 16.5. The fraction of sp³-hybridized carbons (Fsp3) is 0.400. The summed E-state index contributed by atoms with van der Waals surface area (Å²) in [5, 5.41) is 13.1. The summed E-state index contributed by atoms with van der Waals surface area (Å²) < 4.78 is 13.2. The summed E-state index contributed by atoms with van der Waals surface area (Å²) >= 11 is 0. The van der Waals surface area contributed by atoms with Gasteiger partial charge in [0.05, 0.1) is 29.5 Å². The summed E-state index contributed by atoms with van der Waals surface area (Å²) in [6.45, 7) is 6.85. The third-order valence-corrected chi connectivity index (χ3v) is 5.31. The van der Waals surface area contributed by atoms with Crippen LogP contribution in [0.4, 0.5) is 0 Å². The van der Waals surface area contributed by atoms with Crippen LogP contribution in [0.1, 0.15) is 31.8 Å². The van der Waals surface area contributed by atoms with Crippen LogP contribution in [-0.2, 0) is 0 Å². The van der Waals surface area contributed by atoms with Crippen molar-refractivity contribution in [1.82, 2.24) is 35.1 Å². The SMILES string of the molecule is CC(C)n1ncc2c(-c3nc(C4CNCCN4C)no3)cc(-c3ccco3)nc21. The topological polar surface area (TPSA) is 98.0 Å². The predicted octanol–water partition coefficient (Wildman–Crippen LogP) is 2.90. The van der Waals surface area contributed by atoms with Crippen molar-refractivity contribution in [3.05, 3.63) is 36.5 Å². The van der Waals surface area contributed by atoms with Gasteiger partial charge in [-0.25, -0.2) is 9.67 Å². The molecular formula is C20H23N7O2. The van der Waals surface area contributed by atoms with E-state index in [0.717, 1.165) is 36.2 Å². The first-order valence-electron chi connectivity index (χ1n) is 9.79. The third-order valence-electron chi connectivity index (χ3n) is 5.31. The maximum Gasteiger partial charge on any atom is 0.258 e. The highest BCUT2D eigenvalue weighted by Crippen LogP contribution is 2.33. The first kappa shape index (κ1) is 18.0. The molecule has 29 heavy (non-hydrogen) atoms. The van der Waals surface area contributed by atoms with E-state index in [2.05, 4.69) is 41.4 Å². The van der Waals surface area contributed by atoms with Gasteiger partial charge in [0.2, 0.25) is 0 Å². The Bertz CT molecular complexity index is 1130. The Morgan fingerprint density at radius 1 is 1.28 bits per heavy atom. The molecule has 1 saturated heterocycles. The molecule has 1 aliphatic rings. The lowest BCUT2D eigenvalue weighted by molar-refractivity contribution is 0.190. The molecule has 0 aliphatic carbocycles. The molecule has 0 spiro atoms. The Balaban J connectivity index is 1.64. The molecule has 0 amide bonds. The highest BCUT2D eigenvalue weighted by molar-refractivity contribution is 5.92. The van der Waals surface area contributed by atoms with Crippen molar-refractivity contribution in [1.29, 1.82) is 0 Å². The molecule has 0 aromatic carbocycles. The number of hydrogen-bond donors (Lipinski definition) is 1. The van der Waals surface area contributed by atoms with Crippen LogP contribution in [0.5, 0.6) is 0 Å². The lowest BCUT2D eigenvalue weighted by Gasteiger charge is -2.30. The van der Waals surface area contributed by atoms with E-state index in [1.807, 2.05) is 29.1 Å². The molecule has 1 aliphatic heterocycles. The number of hydrogen-bond acceptors (Lipinski definition) is 8. The summed E-state index contributed by atoms with van der Waals surface area (Å²) in [5.74, 6) is 1.82. The summed E-state index contributed by atoms with van der Waals surface area (Å²) in [6, 6.07) is 5.90. The number of aromatic nitrogens is 5. The van der Waals surface area contributed by atoms with E-state index in [0.29, 0.717) is 23.2 Å². The van der Waals surface area contributed by atoms with Crippen molar-refractivity contribution >= 4 is 11.0 Å². The summed E-state index contributed by atoms with van der Waals surface area (Å²) in [5.41, 5.74) is 2.27. The second-order valence-corrected chi connectivity index (χ2v) is 7.61. The quantitative estimate of drug-likeness (QED) is 0.565. The summed E-state index contributed by atoms with van der Waals surface area (Å²) in [4.78, 5) is 11.8. The number of piperazine rings is 1. The zero-order chi connectivity index (χ0) is 20.0. The van der Waals surface area contributed by atoms with Crippen LogP contribution in [0.3, 0.4) is 0 Å². The molecule has 1 fully saturated rings. The fourth-order valence-electron chi connectivity index (χ4n) is 3.70. The Labute approximate surface area is 167 Å². The Morgan fingerprint density at radius 3 is 2.93 bits per heavy atom. The number of furan rings is 1. The second kappa shape index (κ2) is 7.09. The second-order valence-electron chi connectivity index (χ2n) is 7.61. The van der Waals surface area contributed by atoms with Crippen molar-refractivity contribution in [2.75, 3.05) is 26.7 Å². The smallest absolute Gasteiger partial charge is 0.258 e. The molecule has 5 heterocycles. The van der Waals surface area contributed by atoms with E-state index in [1.165, 1.54) is 0 Å². The number of nitrogens with one attached hydrogen (secondary N) is 1. The van der Waals surface area contributed by atoms with Gasteiger partial charge in [0.25, 0.3) is 5.89 Å². The number of nitrogens with zero attached hydrogens (tertiary/aromatic N) is 6. The van der Waals surface area contributed by atoms with E-state index >= 15 is 0 Å². The first-order valence-corrected chi connectivity index (χ1v) is 9.79. The van der Waals surface area contributed by atoms with Crippen LogP contribution in [0.15, 0.2) is 39.6 Å². The normalized spacial score (nSPS) is 18.1. The van der Waals surface area contributed by atoms with Crippen LogP contribution in [0.2, 0.25) is 0 Å². The zero-order valence-corrected chi connectivity index (χ0v) is 16.7. The lowest BCUT2D eigenvalue weighted by Crippen LogP contribution is -2.44. The third kappa shape index (κ3) is 3.12. The number of rotatable bonds is 4. The summed E-state index contributed by atoms with van der Waals surface area (Å²) in [6.07, 6.45) is 3.44. The number of fused-ring (bicyclic) bond motifs is 1. The monoisotopic (exact) mass is 393 g/mol. The van der Waals surface area contributed by atoms with Crippen LogP contribution < -0.4 is 5.32 Å². The number of likely N-dealkylation sites (N-methyl/N-ethyl adjacent to an activating group) is 1. The van der Waals surface area contributed by atoms with E-state index in [1.54, 1.807) is 6.26 Å². The molecule has 4 aromatic rings. The average molecular weight is 393 g/mol. The minimum atomic E-state index is 0.0847.